The number of hydrogen-bond acceptors (Lipinski definition) is 7. The van der Waals surface area contributed by atoms with Crippen molar-refractivity contribution in [2.75, 3.05) is 65.4 Å². The molecule has 0 aliphatic carbocycles. The van der Waals surface area contributed by atoms with E-state index in [2.05, 4.69) is 9.88 Å². The number of carbonyl (C=O) groups excluding carboxylic acids is 1. The molecule has 2 aliphatic rings. The zero-order valence-electron chi connectivity index (χ0n) is 19.3. The van der Waals surface area contributed by atoms with Crippen molar-refractivity contribution in [2.24, 2.45) is 0 Å². The number of aromatic nitrogens is 2. The molecular formula is C24H33N5O3. The van der Waals surface area contributed by atoms with Crippen LogP contribution in [0, 0.1) is 0 Å². The maximum Gasteiger partial charge on any atom is 0.236 e. The van der Waals surface area contributed by atoms with Gasteiger partial charge in [0.2, 0.25) is 11.9 Å². The maximum atomic E-state index is 13.0. The summed E-state index contributed by atoms with van der Waals surface area (Å²) in [7, 11) is 5.49. The summed E-state index contributed by atoms with van der Waals surface area (Å²) in [4.78, 5) is 28.5. The summed E-state index contributed by atoms with van der Waals surface area (Å²) in [5, 5.41) is 0. The van der Waals surface area contributed by atoms with Crippen LogP contribution in [0.1, 0.15) is 31.1 Å². The predicted molar refractivity (Wildman–Crippen MR) is 124 cm³/mol. The number of hydrogen-bond donors (Lipinski definition) is 0. The van der Waals surface area contributed by atoms with Crippen LogP contribution >= 0.6 is 0 Å². The van der Waals surface area contributed by atoms with E-state index in [1.165, 1.54) is 19.3 Å². The molecular weight excluding hydrogens is 406 g/mol. The van der Waals surface area contributed by atoms with Gasteiger partial charge < -0.3 is 19.3 Å². The van der Waals surface area contributed by atoms with Crippen LogP contribution in [0.4, 0.5) is 5.95 Å². The maximum absolute atomic E-state index is 13.0. The van der Waals surface area contributed by atoms with Gasteiger partial charge in [-0.3, -0.25) is 9.69 Å². The Kier molecular flexibility index (Phi) is 7.22. The fourth-order valence-corrected chi connectivity index (χ4v) is 4.29. The molecule has 0 N–H and O–H groups in total. The Labute approximate surface area is 190 Å². The summed E-state index contributed by atoms with van der Waals surface area (Å²) in [6, 6.07) is 7.85. The fourth-order valence-electron chi connectivity index (χ4n) is 4.29. The molecule has 8 nitrogen and oxygen atoms in total. The Morgan fingerprint density at radius 1 is 1.16 bits per heavy atom. The number of carbonyl (C=O) groups is 1. The van der Waals surface area contributed by atoms with Gasteiger partial charge in [0.05, 0.1) is 32.5 Å². The quantitative estimate of drug-likeness (QED) is 0.685. The van der Waals surface area contributed by atoms with Crippen molar-refractivity contribution in [3.8, 4) is 16.9 Å². The number of piperidine rings is 1. The first kappa shape index (κ1) is 22.5. The molecule has 32 heavy (non-hydrogen) atoms. The van der Waals surface area contributed by atoms with Crippen molar-refractivity contribution in [3.05, 3.63) is 36.2 Å². The van der Waals surface area contributed by atoms with Gasteiger partial charge in [-0.2, -0.15) is 0 Å². The summed E-state index contributed by atoms with van der Waals surface area (Å²) in [6.45, 7) is 4.13. The van der Waals surface area contributed by atoms with Gasteiger partial charge in [-0.05, 0) is 43.6 Å². The van der Waals surface area contributed by atoms with E-state index >= 15 is 0 Å². The van der Waals surface area contributed by atoms with Crippen LogP contribution < -0.4 is 9.64 Å². The molecule has 2 saturated heterocycles. The molecule has 0 unspecified atom stereocenters. The van der Waals surface area contributed by atoms with Crippen molar-refractivity contribution in [1.29, 1.82) is 0 Å². The van der Waals surface area contributed by atoms with Gasteiger partial charge in [0.25, 0.3) is 0 Å². The number of rotatable bonds is 6. The highest BCUT2D eigenvalue weighted by atomic mass is 16.5. The van der Waals surface area contributed by atoms with Crippen molar-refractivity contribution >= 4 is 11.9 Å². The predicted octanol–water partition coefficient (Wildman–Crippen LogP) is 2.60. The van der Waals surface area contributed by atoms with Gasteiger partial charge in [0.15, 0.2) is 0 Å². The van der Waals surface area contributed by atoms with Crippen molar-refractivity contribution in [3.63, 3.8) is 0 Å². The summed E-state index contributed by atoms with van der Waals surface area (Å²) in [5.41, 5.74) is 2.71. The normalized spacial score (nSPS) is 19.6. The molecule has 172 valence electrons. The number of morpholine rings is 1. The highest BCUT2D eigenvalue weighted by Gasteiger charge is 2.30. The van der Waals surface area contributed by atoms with Crippen molar-refractivity contribution in [2.45, 2.75) is 25.4 Å². The van der Waals surface area contributed by atoms with Gasteiger partial charge >= 0.3 is 0 Å². The van der Waals surface area contributed by atoms with E-state index in [4.69, 9.17) is 14.5 Å². The molecule has 0 saturated carbocycles. The highest BCUT2D eigenvalue weighted by Crippen LogP contribution is 2.32. The Morgan fingerprint density at radius 3 is 2.59 bits per heavy atom. The van der Waals surface area contributed by atoms with E-state index in [0.29, 0.717) is 32.2 Å². The van der Waals surface area contributed by atoms with E-state index in [9.17, 15) is 4.79 Å². The summed E-state index contributed by atoms with van der Waals surface area (Å²) in [6.07, 6.45) is 5.17. The van der Waals surface area contributed by atoms with Gasteiger partial charge in [0.1, 0.15) is 11.9 Å². The van der Waals surface area contributed by atoms with Crippen LogP contribution in [0.5, 0.6) is 5.75 Å². The summed E-state index contributed by atoms with van der Waals surface area (Å²) in [5.74, 6) is 1.59. The van der Waals surface area contributed by atoms with Gasteiger partial charge in [-0.15, -0.1) is 0 Å². The van der Waals surface area contributed by atoms with E-state index in [0.717, 1.165) is 35.7 Å². The zero-order valence-corrected chi connectivity index (χ0v) is 19.3. The summed E-state index contributed by atoms with van der Waals surface area (Å²) < 4.78 is 11.4. The Morgan fingerprint density at radius 2 is 1.91 bits per heavy atom. The molecule has 0 radical (unpaired) electrons. The van der Waals surface area contributed by atoms with E-state index in [1.807, 2.05) is 54.4 Å². The van der Waals surface area contributed by atoms with Crippen molar-refractivity contribution < 1.29 is 14.3 Å². The van der Waals surface area contributed by atoms with Crippen LogP contribution in [0.2, 0.25) is 0 Å². The molecule has 0 spiro atoms. The number of amides is 1. The third kappa shape index (κ3) is 5.19. The van der Waals surface area contributed by atoms with Crippen LogP contribution in [0.25, 0.3) is 11.1 Å². The first-order chi connectivity index (χ1) is 15.5. The minimum Gasteiger partial charge on any atom is -0.497 e. The summed E-state index contributed by atoms with van der Waals surface area (Å²) >= 11 is 0. The monoisotopic (exact) mass is 439 g/mol. The van der Waals surface area contributed by atoms with Gasteiger partial charge in [-0.1, -0.05) is 18.6 Å². The van der Waals surface area contributed by atoms with Crippen LogP contribution in [0.3, 0.4) is 0 Å². The Bertz CT molecular complexity index is 912. The number of nitrogens with zero attached hydrogens (tertiary/aromatic N) is 5. The molecule has 2 fully saturated rings. The van der Waals surface area contributed by atoms with E-state index in [1.54, 1.807) is 7.11 Å². The molecule has 2 aliphatic heterocycles. The van der Waals surface area contributed by atoms with Crippen LogP contribution in [-0.4, -0.2) is 86.2 Å². The molecule has 2 aromatic rings. The number of methoxy groups -OCH3 is 1. The molecule has 1 aromatic carbocycles. The standard InChI is InChI=1S/C24H33N5O3/c1-27(2)24-25-15-20(18-7-9-19(31-3)10-8-18)23(26-24)21-16-29(13-14-32-21)22(30)17-28-11-5-4-6-12-28/h7-10,15,21H,4-6,11-14,16-17H2,1-3H3/t21-/m1/s1. The number of likely N-dealkylation sites (tertiary alicyclic amines) is 1. The third-order valence-corrected chi connectivity index (χ3v) is 6.14. The van der Waals surface area contributed by atoms with Gasteiger partial charge in [0, 0.05) is 32.4 Å². The second-order valence-corrected chi connectivity index (χ2v) is 8.63. The number of ether oxygens (including phenoxy) is 2. The Balaban J connectivity index is 1.57. The van der Waals surface area contributed by atoms with E-state index in [-0.39, 0.29) is 12.0 Å². The van der Waals surface area contributed by atoms with Gasteiger partial charge in [-0.25, -0.2) is 9.97 Å². The lowest BCUT2D eigenvalue weighted by atomic mass is 10.0. The minimum atomic E-state index is -0.298. The Hall–Kier alpha value is -2.71. The first-order valence-corrected chi connectivity index (χ1v) is 11.4. The molecule has 1 amide bonds. The topological polar surface area (TPSA) is 71.0 Å². The average Bonchev–Trinajstić information content (AvgIpc) is 2.84. The first-order valence-electron chi connectivity index (χ1n) is 11.4. The lowest BCUT2D eigenvalue weighted by Gasteiger charge is -2.35. The largest absolute Gasteiger partial charge is 0.497 e. The smallest absolute Gasteiger partial charge is 0.236 e. The average molecular weight is 440 g/mol. The molecule has 1 atom stereocenters. The minimum absolute atomic E-state index is 0.174. The second kappa shape index (κ2) is 10.3. The second-order valence-electron chi connectivity index (χ2n) is 8.63. The molecule has 1 aromatic heterocycles. The van der Waals surface area contributed by atoms with Crippen LogP contribution in [0.15, 0.2) is 30.5 Å². The fraction of sp³-hybridized carbons (Fsp3) is 0.542. The molecule has 0 bridgehead atoms. The van der Waals surface area contributed by atoms with E-state index < -0.39 is 0 Å². The number of benzene rings is 1. The van der Waals surface area contributed by atoms with Crippen LogP contribution in [-0.2, 0) is 9.53 Å². The lowest BCUT2D eigenvalue weighted by Crippen LogP contribution is -2.47. The highest BCUT2D eigenvalue weighted by molar-refractivity contribution is 5.78. The number of anilines is 1. The molecule has 4 rings (SSSR count). The molecule has 3 heterocycles. The SMILES string of the molecule is COc1ccc(-c2cnc(N(C)C)nc2[C@H]2CN(C(=O)CN3CCCCC3)CCO2)cc1. The lowest BCUT2D eigenvalue weighted by molar-refractivity contribution is -0.140. The molecule has 8 heteroatoms. The van der Waals surface area contributed by atoms with Crippen molar-refractivity contribution in [1.82, 2.24) is 19.8 Å². The zero-order chi connectivity index (χ0) is 22.5. The third-order valence-electron chi connectivity index (χ3n) is 6.14.